The molecule has 1 aliphatic heterocycles. The van der Waals surface area contributed by atoms with Crippen LogP contribution in [0.5, 0.6) is 0 Å². The fraction of sp³-hybridized carbons (Fsp3) is 0.467. The summed E-state index contributed by atoms with van der Waals surface area (Å²) in [6.07, 6.45) is 0.749. The molecule has 0 radical (unpaired) electrons. The molecule has 0 aliphatic carbocycles. The first-order chi connectivity index (χ1) is 8.99. The summed E-state index contributed by atoms with van der Waals surface area (Å²) in [4.78, 5) is 24.3. The number of hydrogen-bond acceptors (Lipinski definition) is 2. The predicted molar refractivity (Wildman–Crippen MR) is 71.7 cm³/mol. The maximum atomic E-state index is 11.7. The Bertz CT molecular complexity index is 479. The van der Waals surface area contributed by atoms with E-state index in [4.69, 9.17) is 5.11 Å². The van der Waals surface area contributed by atoms with Crippen LogP contribution in [0.3, 0.4) is 0 Å². The molecular formula is C15H19NO3. The number of benzene rings is 1. The molecular weight excluding hydrogens is 242 g/mol. The van der Waals surface area contributed by atoms with E-state index in [1.165, 1.54) is 10.5 Å². The number of aliphatic carboxylic acids is 1. The van der Waals surface area contributed by atoms with Crippen LogP contribution in [0.2, 0.25) is 0 Å². The molecule has 0 unspecified atom stereocenters. The highest BCUT2D eigenvalue weighted by atomic mass is 16.4. The Balaban J connectivity index is 2.11. The standard InChI is InChI=1S/C15H19NO3/c1-10(2)12-5-3-11(4-6-12)9-16-13(15(18)19)7-8-14(16)17/h3-6,10,13H,7-9H2,1-2H3,(H,18,19)/t13-/m0/s1. The van der Waals surface area contributed by atoms with Crippen LogP contribution in [-0.2, 0) is 16.1 Å². The topological polar surface area (TPSA) is 57.6 Å². The molecule has 0 aromatic heterocycles. The number of hydrogen-bond donors (Lipinski definition) is 1. The molecule has 19 heavy (non-hydrogen) atoms. The van der Waals surface area contributed by atoms with Gasteiger partial charge in [-0.1, -0.05) is 38.1 Å². The quantitative estimate of drug-likeness (QED) is 0.905. The SMILES string of the molecule is CC(C)c1ccc(CN2C(=O)CC[C@H]2C(=O)O)cc1. The number of carbonyl (C=O) groups is 2. The Labute approximate surface area is 113 Å². The van der Waals surface area contributed by atoms with Crippen molar-refractivity contribution in [2.45, 2.75) is 45.2 Å². The number of nitrogens with zero attached hydrogens (tertiary/aromatic N) is 1. The number of likely N-dealkylation sites (tertiary alicyclic amines) is 1. The zero-order valence-electron chi connectivity index (χ0n) is 11.3. The molecule has 1 aromatic carbocycles. The van der Waals surface area contributed by atoms with Crippen molar-refractivity contribution in [2.24, 2.45) is 0 Å². The van der Waals surface area contributed by atoms with Crippen LogP contribution in [0.1, 0.15) is 43.7 Å². The summed E-state index contributed by atoms with van der Waals surface area (Å²) in [6, 6.07) is 7.35. The highest BCUT2D eigenvalue weighted by Gasteiger charge is 2.35. The number of amides is 1. The zero-order chi connectivity index (χ0) is 14.0. The molecule has 1 N–H and O–H groups in total. The first-order valence-electron chi connectivity index (χ1n) is 6.60. The van der Waals surface area contributed by atoms with Crippen molar-refractivity contribution in [2.75, 3.05) is 0 Å². The van der Waals surface area contributed by atoms with Gasteiger partial charge in [0.25, 0.3) is 0 Å². The molecule has 2 rings (SSSR count). The van der Waals surface area contributed by atoms with Gasteiger partial charge < -0.3 is 10.0 Å². The van der Waals surface area contributed by atoms with E-state index in [0.29, 0.717) is 25.3 Å². The summed E-state index contributed by atoms with van der Waals surface area (Å²) < 4.78 is 0. The highest BCUT2D eigenvalue weighted by Crippen LogP contribution is 2.22. The molecule has 4 nitrogen and oxygen atoms in total. The lowest BCUT2D eigenvalue weighted by atomic mass is 10.0. The van der Waals surface area contributed by atoms with Crippen molar-refractivity contribution in [3.05, 3.63) is 35.4 Å². The van der Waals surface area contributed by atoms with Gasteiger partial charge in [0.2, 0.25) is 5.91 Å². The third kappa shape index (κ3) is 2.95. The summed E-state index contributed by atoms with van der Waals surface area (Å²) in [5.74, 6) is -0.515. The van der Waals surface area contributed by atoms with Crippen molar-refractivity contribution in [3.63, 3.8) is 0 Å². The third-order valence-corrected chi connectivity index (χ3v) is 3.61. The minimum Gasteiger partial charge on any atom is -0.480 e. The average Bonchev–Trinajstić information content (AvgIpc) is 2.72. The second kappa shape index (κ2) is 5.43. The molecule has 1 aliphatic rings. The number of carboxylic acid groups (broad SMARTS) is 1. The van der Waals surface area contributed by atoms with Crippen LogP contribution in [0.4, 0.5) is 0 Å². The van der Waals surface area contributed by atoms with Gasteiger partial charge in [-0.15, -0.1) is 0 Å². The Morgan fingerprint density at radius 2 is 2.00 bits per heavy atom. The summed E-state index contributed by atoms with van der Waals surface area (Å²) in [5, 5.41) is 9.10. The zero-order valence-corrected chi connectivity index (χ0v) is 11.3. The third-order valence-electron chi connectivity index (χ3n) is 3.61. The van der Waals surface area contributed by atoms with Crippen LogP contribution in [0.15, 0.2) is 24.3 Å². The van der Waals surface area contributed by atoms with Crippen molar-refractivity contribution < 1.29 is 14.7 Å². The molecule has 0 saturated carbocycles. The summed E-state index contributed by atoms with van der Waals surface area (Å²) in [5.41, 5.74) is 2.22. The summed E-state index contributed by atoms with van der Waals surface area (Å²) in [7, 11) is 0. The van der Waals surface area contributed by atoms with Crippen LogP contribution in [0, 0.1) is 0 Å². The van der Waals surface area contributed by atoms with E-state index in [-0.39, 0.29) is 5.91 Å². The van der Waals surface area contributed by atoms with Gasteiger partial charge in [0.15, 0.2) is 0 Å². The summed E-state index contributed by atoms with van der Waals surface area (Å²) in [6.45, 7) is 4.63. The van der Waals surface area contributed by atoms with Gasteiger partial charge in [-0.2, -0.15) is 0 Å². The van der Waals surface area contributed by atoms with Crippen LogP contribution in [-0.4, -0.2) is 27.9 Å². The predicted octanol–water partition coefficient (Wildman–Crippen LogP) is 2.39. The molecule has 1 fully saturated rings. The van der Waals surface area contributed by atoms with Gasteiger partial charge in [0.05, 0.1) is 0 Å². The Morgan fingerprint density at radius 1 is 1.37 bits per heavy atom. The van der Waals surface area contributed by atoms with Crippen LogP contribution in [0.25, 0.3) is 0 Å². The molecule has 0 bridgehead atoms. The van der Waals surface area contributed by atoms with Gasteiger partial charge in [0.1, 0.15) is 6.04 Å². The van der Waals surface area contributed by atoms with Gasteiger partial charge >= 0.3 is 5.97 Å². The van der Waals surface area contributed by atoms with Crippen LogP contribution < -0.4 is 0 Å². The smallest absolute Gasteiger partial charge is 0.326 e. The fourth-order valence-corrected chi connectivity index (χ4v) is 2.39. The lowest BCUT2D eigenvalue weighted by molar-refractivity contribution is -0.146. The second-order valence-electron chi connectivity index (χ2n) is 5.31. The largest absolute Gasteiger partial charge is 0.480 e. The van der Waals surface area contributed by atoms with Gasteiger partial charge in [-0.3, -0.25) is 4.79 Å². The van der Waals surface area contributed by atoms with E-state index in [1.807, 2.05) is 24.3 Å². The maximum absolute atomic E-state index is 11.7. The second-order valence-corrected chi connectivity index (χ2v) is 5.31. The van der Waals surface area contributed by atoms with Gasteiger partial charge in [-0.25, -0.2) is 4.79 Å². The molecule has 1 saturated heterocycles. The Hall–Kier alpha value is -1.84. The van der Waals surface area contributed by atoms with E-state index in [0.717, 1.165) is 5.56 Å². The maximum Gasteiger partial charge on any atom is 0.326 e. The van der Waals surface area contributed by atoms with E-state index in [9.17, 15) is 9.59 Å². The normalized spacial score (nSPS) is 19.2. The van der Waals surface area contributed by atoms with Crippen molar-refractivity contribution in [1.29, 1.82) is 0 Å². The van der Waals surface area contributed by atoms with E-state index in [1.54, 1.807) is 0 Å². The number of carbonyl (C=O) groups excluding carboxylic acids is 1. The first-order valence-corrected chi connectivity index (χ1v) is 6.60. The molecule has 0 spiro atoms. The molecule has 1 atom stereocenters. The molecule has 1 amide bonds. The van der Waals surface area contributed by atoms with Gasteiger partial charge in [0, 0.05) is 13.0 Å². The van der Waals surface area contributed by atoms with Crippen molar-refractivity contribution in [1.82, 2.24) is 4.90 Å². The van der Waals surface area contributed by atoms with E-state index >= 15 is 0 Å². The fourth-order valence-electron chi connectivity index (χ4n) is 2.39. The number of rotatable bonds is 4. The van der Waals surface area contributed by atoms with E-state index < -0.39 is 12.0 Å². The van der Waals surface area contributed by atoms with Gasteiger partial charge in [-0.05, 0) is 23.5 Å². The minimum atomic E-state index is -0.912. The lowest BCUT2D eigenvalue weighted by Crippen LogP contribution is -2.37. The first kappa shape index (κ1) is 13.6. The minimum absolute atomic E-state index is 0.0691. The van der Waals surface area contributed by atoms with E-state index in [2.05, 4.69) is 13.8 Å². The number of carboxylic acids is 1. The lowest BCUT2D eigenvalue weighted by Gasteiger charge is -2.21. The van der Waals surface area contributed by atoms with Crippen molar-refractivity contribution >= 4 is 11.9 Å². The molecule has 4 heteroatoms. The Kier molecular flexibility index (Phi) is 3.88. The van der Waals surface area contributed by atoms with Crippen molar-refractivity contribution in [3.8, 4) is 0 Å². The van der Waals surface area contributed by atoms with Crippen LogP contribution >= 0.6 is 0 Å². The molecule has 1 heterocycles. The highest BCUT2D eigenvalue weighted by molar-refractivity contribution is 5.87. The summed E-state index contributed by atoms with van der Waals surface area (Å²) >= 11 is 0. The molecule has 1 aromatic rings. The monoisotopic (exact) mass is 261 g/mol. The Morgan fingerprint density at radius 3 is 2.53 bits per heavy atom. The average molecular weight is 261 g/mol. The molecule has 102 valence electrons.